The maximum atomic E-state index is 10.9. The molecule has 0 N–H and O–H groups in total. The zero-order valence-corrected chi connectivity index (χ0v) is 10.7. The number of methoxy groups -OCH3 is 1. The van der Waals surface area contributed by atoms with Gasteiger partial charge in [0.1, 0.15) is 11.5 Å². The summed E-state index contributed by atoms with van der Waals surface area (Å²) in [5.41, 5.74) is 1.11. The Hall–Kier alpha value is -1.35. The summed E-state index contributed by atoms with van der Waals surface area (Å²) < 4.78 is 10.6. The number of rotatable bonds is 7. The van der Waals surface area contributed by atoms with E-state index in [2.05, 4.69) is 0 Å². The van der Waals surface area contributed by atoms with Crippen molar-refractivity contribution in [2.24, 2.45) is 5.92 Å². The van der Waals surface area contributed by atoms with Gasteiger partial charge in [-0.2, -0.15) is 0 Å². The molecule has 1 aromatic carbocycles. The number of ether oxygens (including phenoxy) is 2. The van der Waals surface area contributed by atoms with Crippen LogP contribution >= 0.6 is 0 Å². The van der Waals surface area contributed by atoms with E-state index in [1.54, 1.807) is 14.0 Å². The number of hydrogen-bond donors (Lipinski definition) is 0. The molecule has 0 saturated heterocycles. The zero-order valence-electron chi connectivity index (χ0n) is 10.7. The van der Waals surface area contributed by atoms with Crippen LogP contribution in [0.15, 0.2) is 24.3 Å². The van der Waals surface area contributed by atoms with Gasteiger partial charge >= 0.3 is 0 Å². The summed E-state index contributed by atoms with van der Waals surface area (Å²) in [5, 5.41) is 0. The summed E-state index contributed by atoms with van der Waals surface area (Å²) in [6, 6.07) is 7.79. The van der Waals surface area contributed by atoms with Gasteiger partial charge in [-0.1, -0.05) is 19.1 Å². The Balaban J connectivity index is 2.28. The van der Waals surface area contributed by atoms with Crippen molar-refractivity contribution in [3.05, 3.63) is 29.8 Å². The highest BCUT2D eigenvalue weighted by atomic mass is 16.5. The van der Waals surface area contributed by atoms with Crippen LogP contribution in [0.1, 0.15) is 25.8 Å². The fourth-order valence-electron chi connectivity index (χ4n) is 1.65. The molecule has 0 aromatic heterocycles. The van der Waals surface area contributed by atoms with E-state index in [1.807, 2.05) is 31.2 Å². The van der Waals surface area contributed by atoms with Crippen molar-refractivity contribution in [2.45, 2.75) is 26.9 Å². The summed E-state index contributed by atoms with van der Waals surface area (Å²) >= 11 is 0. The average molecular weight is 236 g/mol. The minimum Gasteiger partial charge on any atom is -0.497 e. The lowest BCUT2D eigenvalue weighted by molar-refractivity contribution is -0.118. The van der Waals surface area contributed by atoms with Crippen molar-refractivity contribution in [2.75, 3.05) is 13.7 Å². The SMILES string of the molecule is COc1ccc(COC[C@@H](C)CC(C)=O)cc1. The molecule has 0 spiro atoms. The topological polar surface area (TPSA) is 35.5 Å². The van der Waals surface area contributed by atoms with Crippen LogP contribution in [-0.4, -0.2) is 19.5 Å². The molecule has 0 heterocycles. The lowest BCUT2D eigenvalue weighted by Crippen LogP contribution is -2.09. The van der Waals surface area contributed by atoms with Crippen LogP contribution in [0.4, 0.5) is 0 Å². The van der Waals surface area contributed by atoms with Gasteiger partial charge in [-0.05, 0) is 30.5 Å². The fraction of sp³-hybridized carbons (Fsp3) is 0.500. The monoisotopic (exact) mass is 236 g/mol. The van der Waals surface area contributed by atoms with Crippen molar-refractivity contribution in [3.63, 3.8) is 0 Å². The number of hydrogen-bond acceptors (Lipinski definition) is 3. The molecule has 1 rings (SSSR count). The van der Waals surface area contributed by atoms with Gasteiger partial charge in [0.15, 0.2) is 0 Å². The van der Waals surface area contributed by atoms with Crippen LogP contribution in [-0.2, 0) is 16.1 Å². The van der Waals surface area contributed by atoms with E-state index in [9.17, 15) is 4.79 Å². The molecule has 1 atom stereocenters. The molecule has 0 aliphatic carbocycles. The highest BCUT2D eigenvalue weighted by Crippen LogP contribution is 2.12. The number of carbonyl (C=O) groups excluding carboxylic acids is 1. The molecule has 0 aliphatic heterocycles. The zero-order chi connectivity index (χ0) is 12.7. The van der Waals surface area contributed by atoms with Gasteiger partial charge in [0.25, 0.3) is 0 Å². The molecule has 1 aromatic rings. The highest BCUT2D eigenvalue weighted by molar-refractivity contribution is 5.75. The number of benzene rings is 1. The molecule has 0 bridgehead atoms. The van der Waals surface area contributed by atoms with Crippen LogP contribution in [0.2, 0.25) is 0 Å². The second kappa shape index (κ2) is 7.07. The van der Waals surface area contributed by atoms with Crippen LogP contribution in [0.25, 0.3) is 0 Å². The first-order valence-electron chi connectivity index (χ1n) is 5.82. The van der Waals surface area contributed by atoms with Crippen molar-refractivity contribution in [1.82, 2.24) is 0 Å². The number of Topliss-reactive ketones (excluding diaryl/α,β-unsaturated/α-hetero) is 1. The third-order valence-corrected chi connectivity index (χ3v) is 2.47. The molecule has 17 heavy (non-hydrogen) atoms. The minimum atomic E-state index is 0.213. The first kappa shape index (κ1) is 13.7. The second-order valence-corrected chi connectivity index (χ2v) is 4.37. The van der Waals surface area contributed by atoms with Crippen molar-refractivity contribution in [3.8, 4) is 5.75 Å². The lowest BCUT2D eigenvalue weighted by Gasteiger charge is -2.10. The van der Waals surface area contributed by atoms with E-state index in [1.165, 1.54) is 0 Å². The van der Waals surface area contributed by atoms with E-state index < -0.39 is 0 Å². The van der Waals surface area contributed by atoms with E-state index in [-0.39, 0.29) is 11.7 Å². The van der Waals surface area contributed by atoms with Gasteiger partial charge in [-0.15, -0.1) is 0 Å². The van der Waals surface area contributed by atoms with Crippen LogP contribution < -0.4 is 4.74 Å². The average Bonchev–Trinajstić information content (AvgIpc) is 2.29. The Morgan fingerprint density at radius 1 is 1.29 bits per heavy atom. The number of ketones is 1. The largest absolute Gasteiger partial charge is 0.497 e. The van der Waals surface area contributed by atoms with Crippen LogP contribution in [0.3, 0.4) is 0 Å². The number of carbonyl (C=O) groups is 1. The molecule has 0 fully saturated rings. The predicted octanol–water partition coefficient (Wildman–Crippen LogP) is 2.83. The lowest BCUT2D eigenvalue weighted by atomic mass is 10.1. The highest BCUT2D eigenvalue weighted by Gasteiger charge is 2.05. The van der Waals surface area contributed by atoms with Gasteiger partial charge in [0.05, 0.1) is 13.7 Å². The van der Waals surface area contributed by atoms with Crippen LogP contribution in [0.5, 0.6) is 5.75 Å². The van der Waals surface area contributed by atoms with Gasteiger partial charge < -0.3 is 14.3 Å². The van der Waals surface area contributed by atoms with Gasteiger partial charge in [-0.3, -0.25) is 0 Å². The molecule has 3 nitrogen and oxygen atoms in total. The minimum absolute atomic E-state index is 0.213. The van der Waals surface area contributed by atoms with Gasteiger partial charge in [0, 0.05) is 13.0 Å². The van der Waals surface area contributed by atoms with Crippen LogP contribution in [0, 0.1) is 5.92 Å². The molecule has 0 saturated carbocycles. The van der Waals surface area contributed by atoms with Gasteiger partial charge in [-0.25, -0.2) is 0 Å². The second-order valence-electron chi connectivity index (χ2n) is 4.37. The van der Waals surface area contributed by atoms with E-state index in [4.69, 9.17) is 9.47 Å². The predicted molar refractivity (Wildman–Crippen MR) is 67.1 cm³/mol. The van der Waals surface area contributed by atoms with Crippen molar-refractivity contribution < 1.29 is 14.3 Å². The maximum Gasteiger partial charge on any atom is 0.130 e. The molecule has 0 amide bonds. The quantitative estimate of drug-likeness (QED) is 0.730. The van der Waals surface area contributed by atoms with Gasteiger partial charge in [0.2, 0.25) is 0 Å². The molecule has 0 radical (unpaired) electrons. The summed E-state index contributed by atoms with van der Waals surface area (Å²) in [6.07, 6.45) is 0.586. The maximum absolute atomic E-state index is 10.9. The molecule has 0 unspecified atom stereocenters. The third kappa shape index (κ3) is 5.50. The summed E-state index contributed by atoms with van der Waals surface area (Å²) in [4.78, 5) is 10.9. The third-order valence-electron chi connectivity index (χ3n) is 2.47. The Morgan fingerprint density at radius 2 is 1.94 bits per heavy atom. The molecule has 3 heteroatoms. The van der Waals surface area contributed by atoms with E-state index >= 15 is 0 Å². The molecule has 0 aliphatic rings. The first-order chi connectivity index (χ1) is 8.11. The Kier molecular flexibility index (Phi) is 5.70. The smallest absolute Gasteiger partial charge is 0.130 e. The van der Waals surface area contributed by atoms with Crippen molar-refractivity contribution in [1.29, 1.82) is 0 Å². The fourth-order valence-corrected chi connectivity index (χ4v) is 1.65. The summed E-state index contributed by atoms with van der Waals surface area (Å²) in [6.45, 7) is 4.83. The van der Waals surface area contributed by atoms with E-state index in [0.29, 0.717) is 19.6 Å². The summed E-state index contributed by atoms with van der Waals surface area (Å²) in [7, 11) is 1.65. The normalized spacial score (nSPS) is 12.2. The Morgan fingerprint density at radius 3 is 2.47 bits per heavy atom. The molecule has 94 valence electrons. The summed E-state index contributed by atoms with van der Waals surface area (Å²) in [5.74, 6) is 1.34. The van der Waals surface area contributed by atoms with E-state index in [0.717, 1.165) is 11.3 Å². The first-order valence-corrected chi connectivity index (χ1v) is 5.82. The standard InChI is InChI=1S/C14H20O3/c1-11(8-12(2)15)9-17-10-13-4-6-14(16-3)7-5-13/h4-7,11H,8-10H2,1-3H3/t11-/m0/s1. The molecular formula is C14H20O3. The Labute approximate surface area is 103 Å². The molecular weight excluding hydrogens is 216 g/mol. The van der Waals surface area contributed by atoms with Crippen molar-refractivity contribution >= 4 is 5.78 Å². The Bertz CT molecular complexity index is 343.